The van der Waals surface area contributed by atoms with E-state index in [0.717, 1.165) is 17.7 Å². The van der Waals surface area contributed by atoms with Crippen LogP contribution in [0, 0.1) is 0 Å². The monoisotopic (exact) mass is 201 g/mol. The van der Waals surface area contributed by atoms with Gasteiger partial charge in [-0.15, -0.1) is 0 Å². The molecular weight excluding hydrogens is 186 g/mol. The molecule has 0 bridgehead atoms. The molecule has 0 aliphatic heterocycles. The summed E-state index contributed by atoms with van der Waals surface area (Å²) in [6, 6.07) is 10.1. The van der Waals surface area contributed by atoms with Crippen LogP contribution in [0.15, 0.2) is 36.5 Å². The first-order chi connectivity index (χ1) is 7.36. The molecule has 2 rings (SSSR count). The van der Waals surface area contributed by atoms with Gasteiger partial charge in [0.15, 0.2) is 0 Å². The van der Waals surface area contributed by atoms with E-state index in [1.165, 1.54) is 5.69 Å². The molecule has 3 nitrogen and oxygen atoms in total. The molecule has 0 radical (unpaired) electrons. The van der Waals surface area contributed by atoms with Crippen molar-refractivity contribution in [2.24, 2.45) is 5.73 Å². The summed E-state index contributed by atoms with van der Waals surface area (Å²) in [4.78, 5) is 0. The van der Waals surface area contributed by atoms with Crippen LogP contribution in [0.25, 0.3) is 5.69 Å². The van der Waals surface area contributed by atoms with Crippen molar-refractivity contribution in [3.63, 3.8) is 0 Å². The Morgan fingerprint density at radius 1 is 1.27 bits per heavy atom. The third-order valence-corrected chi connectivity index (χ3v) is 2.51. The van der Waals surface area contributed by atoms with E-state index in [1.54, 1.807) is 0 Å². The number of benzene rings is 1. The fourth-order valence-electron chi connectivity index (χ4n) is 1.75. The summed E-state index contributed by atoms with van der Waals surface area (Å²) in [5, 5.41) is 4.36. The molecule has 2 aromatic rings. The molecule has 78 valence electrons. The van der Waals surface area contributed by atoms with Gasteiger partial charge in [0, 0.05) is 17.8 Å². The highest BCUT2D eigenvalue weighted by Gasteiger charge is 2.08. The van der Waals surface area contributed by atoms with E-state index in [0.29, 0.717) is 6.54 Å². The molecule has 0 fully saturated rings. The lowest BCUT2D eigenvalue weighted by molar-refractivity contribution is 0.807. The highest BCUT2D eigenvalue weighted by Crippen LogP contribution is 2.14. The number of hydrogen-bond donors (Lipinski definition) is 1. The minimum atomic E-state index is 0.552. The zero-order valence-electron chi connectivity index (χ0n) is 8.85. The van der Waals surface area contributed by atoms with Crippen LogP contribution in [0.2, 0.25) is 0 Å². The van der Waals surface area contributed by atoms with Crippen LogP contribution in [0.1, 0.15) is 18.2 Å². The SMILES string of the molecule is CCc1c(CN)cnn1-c1ccccc1. The minimum absolute atomic E-state index is 0.552. The van der Waals surface area contributed by atoms with Gasteiger partial charge in [0.1, 0.15) is 0 Å². The Kier molecular flexibility index (Phi) is 2.83. The van der Waals surface area contributed by atoms with Gasteiger partial charge in [-0.2, -0.15) is 5.10 Å². The van der Waals surface area contributed by atoms with Crippen LogP contribution in [0.3, 0.4) is 0 Å². The normalized spacial score (nSPS) is 10.5. The molecule has 0 saturated heterocycles. The van der Waals surface area contributed by atoms with Gasteiger partial charge >= 0.3 is 0 Å². The number of hydrogen-bond acceptors (Lipinski definition) is 2. The molecule has 0 aliphatic rings. The first-order valence-electron chi connectivity index (χ1n) is 5.18. The summed E-state index contributed by atoms with van der Waals surface area (Å²) >= 11 is 0. The second-order valence-corrected chi connectivity index (χ2v) is 3.42. The van der Waals surface area contributed by atoms with Gasteiger partial charge in [-0.05, 0) is 18.6 Å². The molecule has 0 spiro atoms. The topological polar surface area (TPSA) is 43.8 Å². The standard InChI is InChI=1S/C12H15N3/c1-2-12-10(8-13)9-14-15(12)11-6-4-3-5-7-11/h3-7,9H,2,8,13H2,1H3. The second kappa shape index (κ2) is 4.28. The van der Waals surface area contributed by atoms with Crippen molar-refractivity contribution in [1.82, 2.24) is 9.78 Å². The molecule has 1 aromatic carbocycles. The molecule has 0 aliphatic carbocycles. The van der Waals surface area contributed by atoms with Gasteiger partial charge in [0.05, 0.1) is 11.9 Å². The summed E-state index contributed by atoms with van der Waals surface area (Å²) in [5.74, 6) is 0. The van der Waals surface area contributed by atoms with Gasteiger partial charge in [0.25, 0.3) is 0 Å². The quantitative estimate of drug-likeness (QED) is 0.824. The predicted molar refractivity (Wildman–Crippen MR) is 60.8 cm³/mol. The number of rotatable bonds is 3. The molecule has 3 heteroatoms. The van der Waals surface area contributed by atoms with Crippen molar-refractivity contribution < 1.29 is 0 Å². The molecule has 0 unspecified atom stereocenters. The summed E-state index contributed by atoms with van der Waals surface area (Å²) in [6.07, 6.45) is 2.80. The highest BCUT2D eigenvalue weighted by molar-refractivity contribution is 5.34. The zero-order valence-corrected chi connectivity index (χ0v) is 8.85. The highest BCUT2D eigenvalue weighted by atomic mass is 15.3. The van der Waals surface area contributed by atoms with E-state index in [1.807, 2.05) is 41.2 Å². The average Bonchev–Trinajstić information content (AvgIpc) is 2.72. The van der Waals surface area contributed by atoms with E-state index in [-0.39, 0.29) is 0 Å². The van der Waals surface area contributed by atoms with Crippen molar-refractivity contribution in [3.8, 4) is 5.69 Å². The van der Waals surface area contributed by atoms with E-state index in [9.17, 15) is 0 Å². The average molecular weight is 201 g/mol. The summed E-state index contributed by atoms with van der Waals surface area (Å²) in [5.41, 5.74) is 9.08. The first-order valence-corrected chi connectivity index (χ1v) is 5.18. The van der Waals surface area contributed by atoms with Gasteiger partial charge in [-0.25, -0.2) is 4.68 Å². The Bertz CT molecular complexity index is 431. The van der Waals surface area contributed by atoms with E-state index < -0.39 is 0 Å². The lowest BCUT2D eigenvalue weighted by atomic mass is 10.2. The van der Waals surface area contributed by atoms with Gasteiger partial charge in [0.2, 0.25) is 0 Å². The van der Waals surface area contributed by atoms with Crippen LogP contribution in [-0.2, 0) is 13.0 Å². The second-order valence-electron chi connectivity index (χ2n) is 3.42. The maximum absolute atomic E-state index is 5.66. The number of para-hydroxylation sites is 1. The number of nitrogens with zero attached hydrogens (tertiary/aromatic N) is 2. The van der Waals surface area contributed by atoms with Crippen LogP contribution in [0.5, 0.6) is 0 Å². The Labute approximate surface area is 89.5 Å². The van der Waals surface area contributed by atoms with Crippen molar-refractivity contribution in [3.05, 3.63) is 47.8 Å². The largest absolute Gasteiger partial charge is 0.326 e. The lowest BCUT2D eigenvalue weighted by Crippen LogP contribution is -2.04. The number of aromatic nitrogens is 2. The Balaban J connectivity index is 2.49. The maximum Gasteiger partial charge on any atom is 0.0648 e. The Hall–Kier alpha value is -1.61. The van der Waals surface area contributed by atoms with E-state index in [4.69, 9.17) is 5.73 Å². The third kappa shape index (κ3) is 1.78. The van der Waals surface area contributed by atoms with Gasteiger partial charge < -0.3 is 5.73 Å². The Morgan fingerprint density at radius 2 is 2.00 bits per heavy atom. The van der Waals surface area contributed by atoms with Crippen LogP contribution in [-0.4, -0.2) is 9.78 Å². The predicted octanol–water partition coefficient (Wildman–Crippen LogP) is 1.89. The fourth-order valence-corrected chi connectivity index (χ4v) is 1.75. The van der Waals surface area contributed by atoms with Crippen molar-refractivity contribution in [1.29, 1.82) is 0 Å². The molecule has 1 heterocycles. The molecule has 15 heavy (non-hydrogen) atoms. The minimum Gasteiger partial charge on any atom is -0.326 e. The van der Waals surface area contributed by atoms with Gasteiger partial charge in [-0.3, -0.25) is 0 Å². The molecule has 0 amide bonds. The Morgan fingerprint density at radius 3 is 2.60 bits per heavy atom. The summed E-state index contributed by atoms with van der Waals surface area (Å²) < 4.78 is 1.96. The number of nitrogens with two attached hydrogens (primary N) is 1. The van der Waals surface area contributed by atoms with Crippen LogP contribution >= 0.6 is 0 Å². The summed E-state index contributed by atoms with van der Waals surface area (Å²) in [7, 11) is 0. The smallest absolute Gasteiger partial charge is 0.0648 e. The van der Waals surface area contributed by atoms with Crippen molar-refractivity contribution in [2.75, 3.05) is 0 Å². The van der Waals surface area contributed by atoms with Crippen LogP contribution in [0.4, 0.5) is 0 Å². The fraction of sp³-hybridized carbons (Fsp3) is 0.250. The summed E-state index contributed by atoms with van der Waals surface area (Å²) in [6.45, 7) is 2.67. The molecule has 1 aromatic heterocycles. The maximum atomic E-state index is 5.66. The zero-order chi connectivity index (χ0) is 10.7. The molecule has 2 N–H and O–H groups in total. The lowest BCUT2D eigenvalue weighted by Gasteiger charge is -2.06. The van der Waals surface area contributed by atoms with Gasteiger partial charge in [-0.1, -0.05) is 25.1 Å². The molecular formula is C12H15N3. The van der Waals surface area contributed by atoms with E-state index >= 15 is 0 Å². The van der Waals surface area contributed by atoms with Crippen molar-refractivity contribution in [2.45, 2.75) is 19.9 Å². The van der Waals surface area contributed by atoms with E-state index in [2.05, 4.69) is 12.0 Å². The van der Waals surface area contributed by atoms with Crippen LogP contribution < -0.4 is 5.73 Å². The molecule has 0 atom stereocenters. The third-order valence-electron chi connectivity index (χ3n) is 2.51. The molecule has 0 saturated carbocycles. The first kappa shape index (κ1) is 9.93. The van der Waals surface area contributed by atoms with Crippen molar-refractivity contribution >= 4 is 0 Å².